The van der Waals surface area contributed by atoms with Crippen molar-refractivity contribution in [1.29, 1.82) is 0 Å². The summed E-state index contributed by atoms with van der Waals surface area (Å²) in [6, 6.07) is 9.30. The van der Waals surface area contributed by atoms with Crippen molar-refractivity contribution in [3.8, 4) is 28.7 Å². The van der Waals surface area contributed by atoms with Gasteiger partial charge in [-0.3, -0.25) is 4.98 Å². The minimum atomic E-state index is 0.378. The first-order valence-corrected chi connectivity index (χ1v) is 8.40. The molecular weight excluding hydrogens is 342 g/mol. The number of pyridine rings is 1. The van der Waals surface area contributed by atoms with Gasteiger partial charge in [0.25, 0.3) is 5.22 Å². The Morgan fingerprint density at radius 2 is 1.76 bits per heavy atom. The second kappa shape index (κ2) is 7.89. The highest BCUT2D eigenvalue weighted by Gasteiger charge is 2.17. The summed E-state index contributed by atoms with van der Waals surface area (Å²) in [5.74, 6) is 2.59. The molecule has 0 aliphatic carbocycles. The molecule has 0 bridgehead atoms. The van der Waals surface area contributed by atoms with E-state index >= 15 is 0 Å². The molecule has 0 atom stereocenters. The Balaban J connectivity index is 1.82. The standard InChI is InChI=1S/C17H17N3O4S/c1-21-13-8-11(9-14(22-2)15(13)23-3)16-19-20-17(24-16)25-10-12-6-4-5-7-18-12/h4-9H,10H2,1-3H3. The molecule has 0 radical (unpaired) electrons. The fourth-order valence-corrected chi connectivity index (χ4v) is 2.89. The first kappa shape index (κ1) is 17.1. The van der Waals surface area contributed by atoms with Crippen LogP contribution >= 0.6 is 11.8 Å². The van der Waals surface area contributed by atoms with Crippen LogP contribution in [0.25, 0.3) is 11.5 Å². The molecule has 130 valence electrons. The van der Waals surface area contributed by atoms with Crippen LogP contribution in [0.1, 0.15) is 5.69 Å². The molecular formula is C17H17N3O4S. The van der Waals surface area contributed by atoms with E-state index < -0.39 is 0 Å². The summed E-state index contributed by atoms with van der Waals surface area (Å²) in [5, 5.41) is 8.63. The van der Waals surface area contributed by atoms with Gasteiger partial charge in [-0.15, -0.1) is 10.2 Å². The third kappa shape index (κ3) is 3.85. The van der Waals surface area contributed by atoms with Crippen molar-refractivity contribution in [3.05, 3.63) is 42.2 Å². The number of ether oxygens (including phenoxy) is 3. The summed E-state index contributed by atoms with van der Waals surface area (Å²) in [5.41, 5.74) is 1.63. The molecule has 2 aromatic heterocycles. The van der Waals surface area contributed by atoms with Crippen LogP contribution in [0.15, 0.2) is 46.2 Å². The number of hydrogen-bond donors (Lipinski definition) is 0. The SMILES string of the molecule is COc1cc(-c2nnc(SCc3ccccn3)o2)cc(OC)c1OC. The molecule has 1 aromatic carbocycles. The molecule has 0 aliphatic rings. The predicted octanol–water partition coefficient (Wildman–Crippen LogP) is 3.45. The van der Waals surface area contributed by atoms with Crippen molar-refractivity contribution in [2.45, 2.75) is 11.0 Å². The maximum Gasteiger partial charge on any atom is 0.277 e. The van der Waals surface area contributed by atoms with E-state index in [9.17, 15) is 0 Å². The summed E-state index contributed by atoms with van der Waals surface area (Å²) in [4.78, 5) is 4.27. The van der Waals surface area contributed by atoms with E-state index in [0.717, 1.165) is 5.69 Å². The number of benzene rings is 1. The van der Waals surface area contributed by atoms with E-state index in [1.807, 2.05) is 18.2 Å². The minimum Gasteiger partial charge on any atom is -0.493 e. The summed E-state index contributed by atoms with van der Waals surface area (Å²) in [7, 11) is 4.67. The van der Waals surface area contributed by atoms with Gasteiger partial charge >= 0.3 is 0 Å². The van der Waals surface area contributed by atoms with E-state index in [2.05, 4.69) is 15.2 Å². The van der Waals surface area contributed by atoms with Gasteiger partial charge in [0.2, 0.25) is 11.6 Å². The number of methoxy groups -OCH3 is 3. The number of nitrogens with zero attached hydrogens (tertiary/aromatic N) is 3. The number of thioether (sulfide) groups is 1. The summed E-state index contributed by atoms with van der Waals surface area (Å²) in [6.45, 7) is 0. The highest BCUT2D eigenvalue weighted by atomic mass is 32.2. The molecule has 8 heteroatoms. The fourth-order valence-electron chi connectivity index (χ4n) is 2.21. The average Bonchev–Trinajstić information content (AvgIpc) is 3.15. The lowest BCUT2D eigenvalue weighted by molar-refractivity contribution is 0.324. The van der Waals surface area contributed by atoms with Crippen LogP contribution in [0.4, 0.5) is 0 Å². The Bertz CT molecular complexity index is 814. The first-order valence-electron chi connectivity index (χ1n) is 7.41. The number of hydrogen-bond acceptors (Lipinski definition) is 8. The molecule has 0 saturated heterocycles. The van der Waals surface area contributed by atoms with Gasteiger partial charge in [-0.1, -0.05) is 17.8 Å². The van der Waals surface area contributed by atoms with E-state index in [4.69, 9.17) is 18.6 Å². The summed E-state index contributed by atoms with van der Waals surface area (Å²) in [6.07, 6.45) is 1.76. The number of aromatic nitrogens is 3. The van der Waals surface area contributed by atoms with Crippen molar-refractivity contribution in [2.24, 2.45) is 0 Å². The lowest BCUT2D eigenvalue weighted by Crippen LogP contribution is -1.95. The molecule has 2 heterocycles. The Kier molecular flexibility index (Phi) is 5.39. The highest BCUT2D eigenvalue weighted by molar-refractivity contribution is 7.98. The Hall–Kier alpha value is -2.74. The molecule has 0 amide bonds. The molecule has 0 unspecified atom stereocenters. The van der Waals surface area contributed by atoms with Gasteiger partial charge in [0.15, 0.2) is 11.5 Å². The van der Waals surface area contributed by atoms with Crippen LogP contribution in [-0.2, 0) is 5.75 Å². The lowest BCUT2D eigenvalue weighted by Gasteiger charge is -2.12. The minimum absolute atomic E-state index is 0.378. The van der Waals surface area contributed by atoms with Crippen molar-refractivity contribution < 1.29 is 18.6 Å². The summed E-state index contributed by atoms with van der Waals surface area (Å²) < 4.78 is 21.7. The zero-order valence-electron chi connectivity index (χ0n) is 14.1. The fraction of sp³-hybridized carbons (Fsp3) is 0.235. The van der Waals surface area contributed by atoms with Crippen molar-refractivity contribution in [2.75, 3.05) is 21.3 Å². The third-order valence-electron chi connectivity index (χ3n) is 3.39. The molecule has 0 N–H and O–H groups in total. The zero-order valence-corrected chi connectivity index (χ0v) is 14.9. The van der Waals surface area contributed by atoms with Gasteiger partial charge in [-0.05, 0) is 24.3 Å². The summed E-state index contributed by atoms with van der Waals surface area (Å²) >= 11 is 1.43. The Labute approximate surface area is 149 Å². The molecule has 3 rings (SSSR count). The predicted molar refractivity (Wildman–Crippen MR) is 93.2 cm³/mol. The quantitative estimate of drug-likeness (QED) is 0.594. The largest absolute Gasteiger partial charge is 0.493 e. The average molecular weight is 359 g/mol. The third-order valence-corrected chi connectivity index (χ3v) is 4.24. The maximum absolute atomic E-state index is 5.72. The topological polar surface area (TPSA) is 79.5 Å². The monoisotopic (exact) mass is 359 g/mol. The van der Waals surface area contributed by atoms with Gasteiger partial charge in [0.1, 0.15) is 0 Å². The van der Waals surface area contributed by atoms with Crippen molar-refractivity contribution >= 4 is 11.8 Å². The van der Waals surface area contributed by atoms with Gasteiger partial charge in [0.05, 0.1) is 27.0 Å². The molecule has 0 fully saturated rings. The van der Waals surface area contributed by atoms with Crippen molar-refractivity contribution in [3.63, 3.8) is 0 Å². The number of rotatable bonds is 7. The van der Waals surface area contributed by atoms with Crippen LogP contribution < -0.4 is 14.2 Å². The van der Waals surface area contributed by atoms with Crippen LogP contribution in [0, 0.1) is 0 Å². The molecule has 7 nitrogen and oxygen atoms in total. The van der Waals surface area contributed by atoms with Crippen LogP contribution in [0.5, 0.6) is 17.2 Å². The van der Waals surface area contributed by atoms with E-state index in [0.29, 0.717) is 39.7 Å². The zero-order chi connectivity index (χ0) is 17.6. The van der Waals surface area contributed by atoms with Gasteiger partial charge in [-0.25, -0.2) is 0 Å². The molecule has 3 aromatic rings. The van der Waals surface area contributed by atoms with Gasteiger partial charge in [0, 0.05) is 17.5 Å². The van der Waals surface area contributed by atoms with Gasteiger partial charge in [-0.2, -0.15) is 0 Å². The molecule has 0 spiro atoms. The van der Waals surface area contributed by atoms with E-state index in [-0.39, 0.29) is 0 Å². The van der Waals surface area contributed by atoms with E-state index in [1.165, 1.54) is 11.8 Å². The first-order chi connectivity index (χ1) is 12.2. The molecule has 0 saturated carbocycles. The van der Waals surface area contributed by atoms with Crippen LogP contribution in [-0.4, -0.2) is 36.5 Å². The Morgan fingerprint density at radius 3 is 2.36 bits per heavy atom. The smallest absolute Gasteiger partial charge is 0.277 e. The van der Waals surface area contributed by atoms with Crippen molar-refractivity contribution in [1.82, 2.24) is 15.2 Å². The highest BCUT2D eigenvalue weighted by Crippen LogP contribution is 2.41. The van der Waals surface area contributed by atoms with Crippen LogP contribution in [0.3, 0.4) is 0 Å². The van der Waals surface area contributed by atoms with Crippen LogP contribution in [0.2, 0.25) is 0 Å². The Morgan fingerprint density at radius 1 is 1.00 bits per heavy atom. The second-order valence-corrected chi connectivity index (χ2v) is 5.82. The molecule has 0 aliphatic heterocycles. The normalized spacial score (nSPS) is 10.5. The maximum atomic E-state index is 5.72. The molecule has 25 heavy (non-hydrogen) atoms. The lowest BCUT2D eigenvalue weighted by atomic mass is 10.2. The van der Waals surface area contributed by atoms with Gasteiger partial charge < -0.3 is 18.6 Å². The second-order valence-electron chi connectivity index (χ2n) is 4.90. The van der Waals surface area contributed by atoms with E-state index in [1.54, 1.807) is 39.7 Å².